The molecule has 1 aliphatic rings. The molecule has 0 fully saturated rings. The van der Waals surface area contributed by atoms with E-state index in [1.54, 1.807) is 30.0 Å². The summed E-state index contributed by atoms with van der Waals surface area (Å²) in [6.45, 7) is 2.47. The molecule has 0 saturated carbocycles. The van der Waals surface area contributed by atoms with E-state index in [1.165, 1.54) is 34.1 Å². The summed E-state index contributed by atoms with van der Waals surface area (Å²) in [5.41, 5.74) is 3.58. The molecule has 3 heterocycles. The number of anilines is 1. The molecule has 10 heteroatoms. The van der Waals surface area contributed by atoms with Crippen molar-refractivity contribution in [2.75, 3.05) is 37.5 Å². The Kier molecular flexibility index (Phi) is 7.92. The Balaban J connectivity index is 1.76. The molecule has 0 bridgehead atoms. The van der Waals surface area contributed by atoms with Crippen molar-refractivity contribution in [3.63, 3.8) is 0 Å². The highest BCUT2D eigenvalue weighted by Gasteiger charge is 2.38. The van der Waals surface area contributed by atoms with Crippen LogP contribution in [-0.2, 0) is 14.3 Å². The molecule has 38 heavy (non-hydrogen) atoms. The molecule has 0 saturated heterocycles. The number of methoxy groups -OCH3 is 1. The molecule has 2 aromatic carbocycles. The van der Waals surface area contributed by atoms with E-state index in [0.29, 0.717) is 35.8 Å². The van der Waals surface area contributed by atoms with Gasteiger partial charge in [-0.1, -0.05) is 42.5 Å². The third kappa shape index (κ3) is 5.11. The number of carbonyl (C=O) groups is 2. The zero-order valence-corrected chi connectivity index (χ0v) is 22.7. The second kappa shape index (κ2) is 11.5. The van der Waals surface area contributed by atoms with Gasteiger partial charge in [-0.3, -0.25) is 14.5 Å². The summed E-state index contributed by atoms with van der Waals surface area (Å²) in [6, 6.07) is 18.3. The van der Waals surface area contributed by atoms with Crippen LogP contribution >= 0.6 is 23.1 Å². The number of nitrogens with one attached hydrogen (secondary N) is 1. The standard InChI is InChI=1S/C28H27FN4O3S2/c1-18-8-3-6-11-21(18)33-28-25(26(31-33)22-12-7-15-37-22)27(19-9-4-5-10-20(19)29)38-17-24(35)32(28)16-23(34)30-13-14-36-2/h3-12,15,27H,13-14,16-17H2,1-2H3,(H,30,34)/t27-/m1/s1. The number of amides is 2. The Bertz CT molecular complexity index is 1450. The fraction of sp³-hybridized carbons (Fsp3) is 0.250. The lowest BCUT2D eigenvalue weighted by atomic mass is 10.0. The van der Waals surface area contributed by atoms with Crippen LogP contribution in [0.4, 0.5) is 10.2 Å². The molecule has 0 spiro atoms. The fourth-order valence-electron chi connectivity index (χ4n) is 4.51. The smallest absolute Gasteiger partial charge is 0.240 e. The number of para-hydroxylation sites is 1. The van der Waals surface area contributed by atoms with Gasteiger partial charge < -0.3 is 10.1 Å². The van der Waals surface area contributed by atoms with Crippen molar-refractivity contribution in [1.82, 2.24) is 15.1 Å². The Morgan fingerprint density at radius 3 is 2.68 bits per heavy atom. The Morgan fingerprint density at radius 1 is 1.16 bits per heavy atom. The Hall–Kier alpha value is -3.47. The number of aryl methyl sites for hydroxylation is 1. The molecule has 0 radical (unpaired) electrons. The quantitative estimate of drug-likeness (QED) is 0.313. The maximum absolute atomic E-state index is 15.2. The first kappa shape index (κ1) is 26.1. The van der Waals surface area contributed by atoms with E-state index in [-0.39, 0.29) is 29.9 Å². The number of benzene rings is 2. The second-order valence-electron chi connectivity index (χ2n) is 8.80. The van der Waals surface area contributed by atoms with Crippen molar-refractivity contribution < 1.29 is 18.7 Å². The molecular formula is C28H27FN4O3S2. The van der Waals surface area contributed by atoms with E-state index in [4.69, 9.17) is 9.84 Å². The number of ether oxygens (including phenoxy) is 1. The lowest BCUT2D eigenvalue weighted by Crippen LogP contribution is -2.43. The predicted octanol–water partition coefficient (Wildman–Crippen LogP) is 4.98. The van der Waals surface area contributed by atoms with E-state index < -0.39 is 5.25 Å². The number of thioether (sulfide) groups is 1. The van der Waals surface area contributed by atoms with Gasteiger partial charge in [0.1, 0.15) is 23.9 Å². The fourth-order valence-corrected chi connectivity index (χ4v) is 6.45. The van der Waals surface area contributed by atoms with Crippen LogP contribution in [0.2, 0.25) is 0 Å². The number of hydrogen-bond donors (Lipinski definition) is 1. The molecule has 1 aliphatic heterocycles. The minimum absolute atomic E-state index is 0.0800. The highest BCUT2D eigenvalue weighted by atomic mass is 32.2. The van der Waals surface area contributed by atoms with Gasteiger partial charge in [-0.25, -0.2) is 9.07 Å². The van der Waals surface area contributed by atoms with Gasteiger partial charge in [0, 0.05) is 24.8 Å². The summed E-state index contributed by atoms with van der Waals surface area (Å²) in [7, 11) is 1.56. The number of thiophene rings is 1. The van der Waals surface area contributed by atoms with E-state index in [9.17, 15) is 9.59 Å². The second-order valence-corrected chi connectivity index (χ2v) is 10.8. The predicted molar refractivity (Wildman–Crippen MR) is 150 cm³/mol. The highest BCUT2D eigenvalue weighted by molar-refractivity contribution is 8.00. The molecule has 7 nitrogen and oxygen atoms in total. The lowest BCUT2D eigenvalue weighted by molar-refractivity contribution is -0.123. The van der Waals surface area contributed by atoms with Crippen LogP contribution in [0, 0.1) is 12.7 Å². The molecule has 1 N–H and O–H groups in total. The monoisotopic (exact) mass is 550 g/mol. The minimum atomic E-state index is -0.508. The summed E-state index contributed by atoms with van der Waals surface area (Å²) in [4.78, 5) is 29.0. The largest absolute Gasteiger partial charge is 0.383 e. The number of aromatic nitrogens is 2. The topological polar surface area (TPSA) is 76.5 Å². The van der Waals surface area contributed by atoms with Gasteiger partial charge in [-0.15, -0.1) is 23.1 Å². The molecule has 2 amide bonds. The average Bonchev–Trinajstić information content (AvgIpc) is 3.55. The van der Waals surface area contributed by atoms with Crippen LogP contribution in [-0.4, -0.2) is 54.2 Å². The minimum Gasteiger partial charge on any atom is -0.383 e. The molecular weight excluding hydrogens is 523 g/mol. The summed E-state index contributed by atoms with van der Waals surface area (Å²) >= 11 is 2.87. The number of fused-ring (bicyclic) bond motifs is 1. The van der Waals surface area contributed by atoms with Crippen molar-refractivity contribution in [3.05, 3.63) is 88.6 Å². The normalized spacial score (nSPS) is 15.3. The molecule has 1 atom stereocenters. The van der Waals surface area contributed by atoms with Gasteiger partial charge in [-0.2, -0.15) is 5.10 Å². The van der Waals surface area contributed by atoms with Crippen LogP contribution in [0.1, 0.15) is 21.9 Å². The first-order valence-corrected chi connectivity index (χ1v) is 14.1. The van der Waals surface area contributed by atoms with E-state index in [2.05, 4.69) is 5.32 Å². The molecule has 0 aliphatic carbocycles. The van der Waals surface area contributed by atoms with Gasteiger partial charge >= 0.3 is 0 Å². The van der Waals surface area contributed by atoms with E-state index in [0.717, 1.165) is 16.1 Å². The van der Waals surface area contributed by atoms with Crippen LogP contribution in [0.25, 0.3) is 16.3 Å². The molecule has 2 aromatic heterocycles. The van der Waals surface area contributed by atoms with Gasteiger partial charge in [0.2, 0.25) is 11.8 Å². The number of carbonyl (C=O) groups excluding carboxylic acids is 2. The summed E-state index contributed by atoms with van der Waals surface area (Å²) in [5, 5.41) is 9.29. The van der Waals surface area contributed by atoms with Gasteiger partial charge in [-0.05, 0) is 36.1 Å². The maximum atomic E-state index is 15.2. The third-order valence-electron chi connectivity index (χ3n) is 6.31. The van der Waals surface area contributed by atoms with Crippen molar-refractivity contribution in [3.8, 4) is 16.3 Å². The number of hydrogen-bond acceptors (Lipinski definition) is 6. The van der Waals surface area contributed by atoms with Crippen molar-refractivity contribution in [1.29, 1.82) is 0 Å². The van der Waals surface area contributed by atoms with Crippen LogP contribution in [0.5, 0.6) is 0 Å². The summed E-state index contributed by atoms with van der Waals surface area (Å²) in [5.74, 6) is -0.352. The van der Waals surface area contributed by atoms with Crippen molar-refractivity contribution in [2.45, 2.75) is 12.2 Å². The zero-order chi connectivity index (χ0) is 26.6. The van der Waals surface area contributed by atoms with Crippen LogP contribution in [0.15, 0.2) is 66.0 Å². The van der Waals surface area contributed by atoms with Crippen molar-refractivity contribution >= 4 is 40.7 Å². The number of halogens is 1. The van der Waals surface area contributed by atoms with Gasteiger partial charge in [0.05, 0.1) is 28.2 Å². The first-order chi connectivity index (χ1) is 18.5. The first-order valence-electron chi connectivity index (χ1n) is 12.1. The van der Waals surface area contributed by atoms with Gasteiger partial charge in [0.15, 0.2) is 0 Å². The Labute approximate surface area is 228 Å². The highest BCUT2D eigenvalue weighted by Crippen LogP contribution is 2.49. The molecule has 4 aromatic rings. The van der Waals surface area contributed by atoms with E-state index in [1.807, 2.05) is 48.7 Å². The third-order valence-corrected chi connectivity index (χ3v) is 8.42. The zero-order valence-electron chi connectivity index (χ0n) is 21.0. The molecule has 5 rings (SSSR count). The number of rotatable bonds is 8. The van der Waals surface area contributed by atoms with E-state index >= 15 is 4.39 Å². The average molecular weight is 551 g/mol. The van der Waals surface area contributed by atoms with Gasteiger partial charge in [0.25, 0.3) is 0 Å². The number of nitrogens with zero attached hydrogens (tertiary/aromatic N) is 3. The van der Waals surface area contributed by atoms with Crippen LogP contribution in [0.3, 0.4) is 0 Å². The van der Waals surface area contributed by atoms with Crippen LogP contribution < -0.4 is 10.2 Å². The summed E-state index contributed by atoms with van der Waals surface area (Å²) < 4.78 is 22.0. The van der Waals surface area contributed by atoms with Crippen molar-refractivity contribution in [2.24, 2.45) is 0 Å². The Morgan fingerprint density at radius 2 is 1.95 bits per heavy atom. The summed E-state index contributed by atoms with van der Waals surface area (Å²) in [6.07, 6.45) is 0. The lowest BCUT2D eigenvalue weighted by Gasteiger charge is -2.23. The SMILES string of the molecule is COCCNC(=O)CN1C(=O)CS[C@H](c2ccccc2F)c2c(-c3cccs3)nn(-c3ccccc3C)c21. The molecule has 0 unspecified atom stereocenters. The maximum Gasteiger partial charge on any atom is 0.240 e. The molecule has 196 valence electrons.